The number of hydrogen-bond acceptors (Lipinski definition) is 3. The molecule has 0 bridgehead atoms. The Labute approximate surface area is 112 Å². The molecule has 1 amide bonds. The van der Waals surface area contributed by atoms with Crippen LogP contribution in [-0.4, -0.2) is 33.5 Å². The van der Waals surface area contributed by atoms with Crippen molar-refractivity contribution in [3.63, 3.8) is 0 Å². The van der Waals surface area contributed by atoms with E-state index in [1.165, 1.54) is 6.42 Å². The Balaban J connectivity index is 1.99. The molecule has 2 rings (SSSR count). The SMILES string of the molecule is O=C(NC1(C(=O)O)CCCCC1)C1CCCCS1. The van der Waals surface area contributed by atoms with Crippen LogP contribution in [0.15, 0.2) is 0 Å². The number of amides is 1. The average molecular weight is 271 g/mol. The fourth-order valence-electron chi connectivity index (χ4n) is 2.81. The monoisotopic (exact) mass is 271 g/mol. The van der Waals surface area contributed by atoms with E-state index >= 15 is 0 Å². The molecule has 1 aliphatic heterocycles. The average Bonchev–Trinajstić information content (AvgIpc) is 2.40. The molecular formula is C13H21NO3S. The number of aliphatic carboxylic acids is 1. The summed E-state index contributed by atoms with van der Waals surface area (Å²) in [6.45, 7) is 0. The van der Waals surface area contributed by atoms with Crippen molar-refractivity contribution < 1.29 is 14.7 Å². The van der Waals surface area contributed by atoms with E-state index in [0.29, 0.717) is 12.8 Å². The Bertz CT molecular complexity index is 320. The van der Waals surface area contributed by atoms with Crippen LogP contribution in [0.4, 0.5) is 0 Å². The van der Waals surface area contributed by atoms with E-state index < -0.39 is 11.5 Å². The van der Waals surface area contributed by atoms with E-state index in [9.17, 15) is 14.7 Å². The Morgan fingerprint density at radius 1 is 1.11 bits per heavy atom. The van der Waals surface area contributed by atoms with Gasteiger partial charge in [-0.15, -0.1) is 11.8 Å². The lowest BCUT2D eigenvalue weighted by Crippen LogP contribution is -2.57. The Hall–Kier alpha value is -0.710. The fraction of sp³-hybridized carbons (Fsp3) is 0.846. The molecule has 0 aromatic rings. The van der Waals surface area contributed by atoms with Gasteiger partial charge in [-0.3, -0.25) is 4.79 Å². The standard InChI is InChI=1S/C13H21NO3S/c15-11(10-6-2-5-9-18-10)14-13(12(16)17)7-3-1-4-8-13/h10H,1-9H2,(H,14,15)(H,16,17). The molecule has 18 heavy (non-hydrogen) atoms. The second kappa shape index (κ2) is 5.95. The molecular weight excluding hydrogens is 250 g/mol. The zero-order chi connectivity index (χ0) is 13.0. The number of carbonyl (C=O) groups excluding carboxylic acids is 1. The highest BCUT2D eigenvalue weighted by atomic mass is 32.2. The Morgan fingerprint density at radius 3 is 2.39 bits per heavy atom. The number of nitrogens with one attached hydrogen (secondary N) is 1. The molecule has 0 aromatic carbocycles. The van der Waals surface area contributed by atoms with Gasteiger partial charge in [0, 0.05) is 0 Å². The maximum absolute atomic E-state index is 12.2. The van der Waals surface area contributed by atoms with E-state index in [-0.39, 0.29) is 11.2 Å². The number of carboxylic acid groups (broad SMARTS) is 1. The number of carboxylic acids is 1. The Morgan fingerprint density at radius 2 is 1.83 bits per heavy atom. The smallest absolute Gasteiger partial charge is 0.329 e. The zero-order valence-electron chi connectivity index (χ0n) is 10.6. The van der Waals surface area contributed by atoms with Crippen LogP contribution in [0.2, 0.25) is 0 Å². The second-order valence-electron chi connectivity index (χ2n) is 5.29. The topological polar surface area (TPSA) is 66.4 Å². The summed E-state index contributed by atoms with van der Waals surface area (Å²) in [5.41, 5.74) is -0.993. The van der Waals surface area contributed by atoms with Crippen LogP contribution in [0, 0.1) is 0 Å². The number of carbonyl (C=O) groups is 2. The summed E-state index contributed by atoms with van der Waals surface area (Å²) in [7, 11) is 0. The zero-order valence-corrected chi connectivity index (χ0v) is 11.4. The number of thioether (sulfide) groups is 1. The summed E-state index contributed by atoms with van der Waals surface area (Å²) >= 11 is 1.67. The summed E-state index contributed by atoms with van der Waals surface area (Å²) in [5, 5.41) is 12.2. The third-order valence-electron chi connectivity index (χ3n) is 3.95. The van der Waals surface area contributed by atoms with Crippen molar-refractivity contribution in [2.24, 2.45) is 0 Å². The van der Waals surface area contributed by atoms with Crippen molar-refractivity contribution in [2.45, 2.75) is 62.2 Å². The Kier molecular flexibility index (Phi) is 4.54. The van der Waals surface area contributed by atoms with Crippen molar-refractivity contribution in [3.05, 3.63) is 0 Å². The minimum Gasteiger partial charge on any atom is -0.480 e. The maximum Gasteiger partial charge on any atom is 0.329 e. The van der Waals surface area contributed by atoms with Crippen LogP contribution >= 0.6 is 11.8 Å². The van der Waals surface area contributed by atoms with E-state index in [1.807, 2.05) is 0 Å². The molecule has 1 heterocycles. The second-order valence-corrected chi connectivity index (χ2v) is 6.60. The van der Waals surface area contributed by atoms with Crippen molar-refractivity contribution in [1.29, 1.82) is 0 Å². The first-order valence-corrected chi connectivity index (χ1v) is 7.86. The highest BCUT2D eigenvalue weighted by Crippen LogP contribution is 2.31. The summed E-state index contributed by atoms with van der Waals surface area (Å²) in [5.74, 6) is 0.0818. The van der Waals surface area contributed by atoms with Gasteiger partial charge >= 0.3 is 5.97 Å². The quantitative estimate of drug-likeness (QED) is 0.825. The summed E-state index contributed by atoms with van der Waals surface area (Å²) in [4.78, 5) is 23.7. The van der Waals surface area contributed by atoms with Gasteiger partial charge in [-0.1, -0.05) is 25.7 Å². The van der Waals surface area contributed by atoms with E-state index in [0.717, 1.165) is 37.9 Å². The lowest BCUT2D eigenvalue weighted by atomic mass is 9.81. The van der Waals surface area contributed by atoms with Gasteiger partial charge in [0.05, 0.1) is 5.25 Å². The molecule has 0 spiro atoms. The molecule has 4 nitrogen and oxygen atoms in total. The molecule has 1 saturated heterocycles. The van der Waals surface area contributed by atoms with Gasteiger partial charge in [0.25, 0.3) is 0 Å². The largest absolute Gasteiger partial charge is 0.480 e. The van der Waals surface area contributed by atoms with Crippen molar-refractivity contribution in [3.8, 4) is 0 Å². The van der Waals surface area contributed by atoms with Gasteiger partial charge in [-0.2, -0.15) is 0 Å². The third kappa shape index (κ3) is 2.99. The van der Waals surface area contributed by atoms with Gasteiger partial charge < -0.3 is 10.4 Å². The van der Waals surface area contributed by atoms with Crippen LogP contribution in [0.3, 0.4) is 0 Å². The van der Waals surface area contributed by atoms with Crippen LogP contribution in [0.5, 0.6) is 0 Å². The van der Waals surface area contributed by atoms with Gasteiger partial charge in [-0.05, 0) is 31.4 Å². The van der Waals surface area contributed by atoms with E-state index in [2.05, 4.69) is 5.32 Å². The molecule has 0 radical (unpaired) electrons. The van der Waals surface area contributed by atoms with Crippen LogP contribution in [-0.2, 0) is 9.59 Å². The molecule has 1 unspecified atom stereocenters. The minimum atomic E-state index is -0.993. The molecule has 1 aliphatic carbocycles. The van der Waals surface area contributed by atoms with Gasteiger partial charge in [0.2, 0.25) is 5.91 Å². The molecule has 1 atom stereocenters. The van der Waals surface area contributed by atoms with Crippen LogP contribution < -0.4 is 5.32 Å². The molecule has 2 N–H and O–H groups in total. The molecule has 5 heteroatoms. The highest BCUT2D eigenvalue weighted by Gasteiger charge is 2.42. The van der Waals surface area contributed by atoms with Gasteiger partial charge in [-0.25, -0.2) is 4.79 Å². The lowest BCUT2D eigenvalue weighted by molar-refractivity contribution is -0.149. The van der Waals surface area contributed by atoms with Crippen LogP contribution in [0.25, 0.3) is 0 Å². The first kappa shape index (κ1) is 13.7. The summed E-state index contributed by atoms with van der Waals surface area (Å²) < 4.78 is 0. The first-order valence-electron chi connectivity index (χ1n) is 6.81. The third-order valence-corrected chi connectivity index (χ3v) is 5.33. The van der Waals surface area contributed by atoms with Gasteiger partial charge in [0.1, 0.15) is 5.54 Å². The summed E-state index contributed by atoms with van der Waals surface area (Å²) in [6.07, 6.45) is 7.13. The predicted octanol–water partition coefficient (Wildman–Crippen LogP) is 2.18. The molecule has 1 saturated carbocycles. The van der Waals surface area contributed by atoms with Crippen molar-refractivity contribution in [2.75, 3.05) is 5.75 Å². The molecule has 2 aliphatic rings. The minimum absolute atomic E-state index is 0.0445. The number of hydrogen-bond donors (Lipinski definition) is 2. The highest BCUT2D eigenvalue weighted by molar-refractivity contribution is 8.00. The fourth-order valence-corrected chi connectivity index (χ4v) is 4.01. The maximum atomic E-state index is 12.2. The van der Waals surface area contributed by atoms with E-state index in [1.54, 1.807) is 11.8 Å². The van der Waals surface area contributed by atoms with Gasteiger partial charge in [0.15, 0.2) is 0 Å². The first-order chi connectivity index (χ1) is 8.64. The van der Waals surface area contributed by atoms with E-state index in [4.69, 9.17) is 0 Å². The van der Waals surface area contributed by atoms with Crippen molar-refractivity contribution in [1.82, 2.24) is 5.32 Å². The molecule has 0 aromatic heterocycles. The molecule has 102 valence electrons. The lowest BCUT2D eigenvalue weighted by Gasteiger charge is -2.35. The summed E-state index contributed by atoms with van der Waals surface area (Å²) in [6, 6.07) is 0. The molecule has 2 fully saturated rings. The number of rotatable bonds is 3. The normalized spacial score (nSPS) is 27.4. The predicted molar refractivity (Wildman–Crippen MR) is 71.7 cm³/mol. The van der Waals surface area contributed by atoms with Crippen LogP contribution in [0.1, 0.15) is 51.4 Å². The van der Waals surface area contributed by atoms with Crippen molar-refractivity contribution >= 4 is 23.6 Å².